The first kappa shape index (κ1) is 11.7. The van der Waals surface area contributed by atoms with Gasteiger partial charge in [-0.15, -0.1) is 0 Å². The highest BCUT2D eigenvalue weighted by Gasteiger charge is 2.02. The van der Waals surface area contributed by atoms with E-state index in [1.54, 1.807) is 0 Å². The van der Waals surface area contributed by atoms with Gasteiger partial charge in [-0.3, -0.25) is 0 Å². The average Bonchev–Trinajstić information content (AvgIpc) is 2.19. The fraction of sp³-hybridized carbons (Fsp3) is 0.600. The van der Waals surface area contributed by atoms with Crippen LogP contribution in [0.1, 0.15) is 30.9 Å². The maximum Gasteiger partial charge on any atom is 0.132 e. The Morgan fingerprint density at radius 1 is 1.43 bits per heavy atom. The normalized spacial score (nSPS) is 10.5. The van der Waals surface area contributed by atoms with Gasteiger partial charge in [0.05, 0.1) is 5.75 Å². The minimum absolute atomic E-state index is 0.743. The van der Waals surface area contributed by atoms with E-state index in [9.17, 15) is 0 Å². The molecule has 1 N–H and O–H groups in total. The molecule has 0 aliphatic heterocycles. The highest BCUT2D eigenvalue weighted by molar-refractivity contribution is 7.98. The molecule has 2 nitrogen and oxygen atoms in total. The minimum Gasteiger partial charge on any atom is -0.346 e. The summed E-state index contributed by atoms with van der Waals surface area (Å²) in [7, 11) is 0. The lowest BCUT2D eigenvalue weighted by Crippen LogP contribution is -2.01. The summed E-state index contributed by atoms with van der Waals surface area (Å²) >= 11 is 7.06. The maximum absolute atomic E-state index is 5.20. The summed E-state index contributed by atoms with van der Waals surface area (Å²) in [6.07, 6.45) is 0.988. The standard InChI is InChI=1S/C10H16N2S2/c1-4-8-7(3)10(13)12-9(11-8)6-14-5-2/h4-6H2,1-3H3,(H,11,12,13). The lowest BCUT2D eigenvalue weighted by atomic mass is 10.2. The first-order valence-corrected chi connectivity index (χ1v) is 6.41. The van der Waals surface area contributed by atoms with Gasteiger partial charge in [-0.2, -0.15) is 11.8 Å². The number of nitrogens with one attached hydrogen (secondary N) is 1. The second-order valence-corrected chi connectivity index (χ2v) is 4.74. The summed E-state index contributed by atoms with van der Waals surface area (Å²) in [6.45, 7) is 6.31. The van der Waals surface area contributed by atoms with Crippen LogP contribution in [0.4, 0.5) is 0 Å². The summed E-state index contributed by atoms with van der Waals surface area (Å²) in [5.41, 5.74) is 2.34. The molecule has 0 aliphatic rings. The van der Waals surface area contributed by atoms with E-state index in [2.05, 4.69) is 23.8 Å². The van der Waals surface area contributed by atoms with E-state index < -0.39 is 0 Å². The van der Waals surface area contributed by atoms with Crippen LogP contribution in [0.15, 0.2) is 0 Å². The van der Waals surface area contributed by atoms with Crippen molar-refractivity contribution in [1.82, 2.24) is 9.97 Å². The lowest BCUT2D eigenvalue weighted by molar-refractivity contribution is 0.910. The van der Waals surface area contributed by atoms with Crippen LogP contribution in [0.5, 0.6) is 0 Å². The summed E-state index contributed by atoms with van der Waals surface area (Å²) in [4.78, 5) is 7.70. The Kier molecular flexibility index (Phi) is 4.62. The lowest BCUT2D eigenvalue weighted by Gasteiger charge is -2.06. The molecule has 4 heteroatoms. The molecule has 0 aliphatic carbocycles. The van der Waals surface area contributed by atoms with Gasteiger partial charge in [-0.05, 0) is 19.1 Å². The van der Waals surface area contributed by atoms with E-state index in [1.165, 1.54) is 5.69 Å². The zero-order valence-electron chi connectivity index (χ0n) is 8.89. The van der Waals surface area contributed by atoms with Crippen molar-refractivity contribution in [2.75, 3.05) is 5.75 Å². The molecule has 0 fully saturated rings. The molecule has 1 heterocycles. The van der Waals surface area contributed by atoms with Crippen LogP contribution in [0.2, 0.25) is 0 Å². The third-order valence-electron chi connectivity index (χ3n) is 2.10. The molecule has 1 aromatic rings. The summed E-state index contributed by atoms with van der Waals surface area (Å²) in [5, 5.41) is 0. The smallest absolute Gasteiger partial charge is 0.132 e. The third kappa shape index (κ3) is 2.82. The highest BCUT2D eigenvalue weighted by atomic mass is 32.2. The van der Waals surface area contributed by atoms with Crippen molar-refractivity contribution in [2.45, 2.75) is 32.9 Å². The van der Waals surface area contributed by atoms with E-state index in [0.717, 1.165) is 34.0 Å². The van der Waals surface area contributed by atoms with Gasteiger partial charge in [0.1, 0.15) is 10.5 Å². The summed E-state index contributed by atoms with van der Waals surface area (Å²) < 4.78 is 0.743. The molecule has 0 radical (unpaired) electrons. The van der Waals surface area contributed by atoms with E-state index in [0.29, 0.717) is 0 Å². The zero-order chi connectivity index (χ0) is 10.6. The van der Waals surface area contributed by atoms with E-state index in [4.69, 9.17) is 12.2 Å². The molecule has 14 heavy (non-hydrogen) atoms. The molecule has 1 rings (SSSR count). The fourth-order valence-electron chi connectivity index (χ4n) is 1.25. The predicted octanol–water partition coefficient (Wildman–Crippen LogP) is 3.26. The van der Waals surface area contributed by atoms with Crippen LogP contribution in [0.25, 0.3) is 0 Å². The molecule has 0 atom stereocenters. The van der Waals surface area contributed by atoms with Crippen LogP contribution in [0.3, 0.4) is 0 Å². The van der Waals surface area contributed by atoms with Crippen molar-refractivity contribution < 1.29 is 0 Å². The molecule has 0 saturated carbocycles. The average molecular weight is 228 g/mol. The fourth-order valence-corrected chi connectivity index (χ4v) is 2.02. The number of aromatic nitrogens is 2. The van der Waals surface area contributed by atoms with Gasteiger partial charge in [0.15, 0.2) is 0 Å². The van der Waals surface area contributed by atoms with Crippen LogP contribution < -0.4 is 0 Å². The molecule has 1 aromatic heterocycles. The van der Waals surface area contributed by atoms with Crippen molar-refractivity contribution in [3.8, 4) is 0 Å². The van der Waals surface area contributed by atoms with Crippen LogP contribution >= 0.6 is 24.0 Å². The Morgan fingerprint density at radius 3 is 2.71 bits per heavy atom. The Morgan fingerprint density at radius 2 is 2.14 bits per heavy atom. The van der Waals surface area contributed by atoms with Gasteiger partial charge in [-0.1, -0.05) is 26.1 Å². The molecular weight excluding hydrogens is 212 g/mol. The number of hydrogen-bond donors (Lipinski definition) is 1. The third-order valence-corrected chi connectivity index (χ3v) is 3.38. The van der Waals surface area contributed by atoms with Gasteiger partial charge in [0, 0.05) is 11.3 Å². The van der Waals surface area contributed by atoms with Gasteiger partial charge in [0.25, 0.3) is 0 Å². The topological polar surface area (TPSA) is 28.7 Å². The van der Waals surface area contributed by atoms with Gasteiger partial charge < -0.3 is 4.98 Å². The first-order chi connectivity index (χ1) is 6.69. The molecule has 78 valence electrons. The van der Waals surface area contributed by atoms with Crippen molar-refractivity contribution in [3.63, 3.8) is 0 Å². The number of hydrogen-bond acceptors (Lipinski definition) is 3. The molecule has 0 unspecified atom stereocenters. The zero-order valence-corrected chi connectivity index (χ0v) is 10.5. The molecule has 0 amide bonds. The molecule has 0 bridgehead atoms. The van der Waals surface area contributed by atoms with E-state index >= 15 is 0 Å². The number of thioether (sulfide) groups is 1. The molecule has 0 spiro atoms. The minimum atomic E-state index is 0.743. The molecular formula is C10H16N2S2. The van der Waals surface area contributed by atoms with Crippen LogP contribution in [0, 0.1) is 11.6 Å². The number of aromatic amines is 1. The molecule has 0 saturated heterocycles. The Balaban J connectivity index is 2.98. The Hall–Kier alpha value is -0.350. The Bertz CT molecular complexity index is 358. The second-order valence-electron chi connectivity index (χ2n) is 3.08. The SMILES string of the molecule is CCSCc1nc(=S)c(C)c(CC)[nH]1. The number of aryl methyl sites for hydroxylation is 1. The van der Waals surface area contributed by atoms with Gasteiger partial charge in [0.2, 0.25) is 0 Å². The van der Waals surface area contributed by atoms with Crippen molar-refractivity contribution in [2.24, 2.45) is 0 Å². The highest BCUT2D eigenvalue weighted by Crippen LogP contribution is 2.11. The van der Waals surface area contributed by atoms with Crippen LogP contribution in [-0.4, -0.2) is 15.7 Å². The largest absolute Gasteiger partial charge is 0.346 e. The molecule has 0 aromatic carbocycles. The predicted molar refractivity (Wildman–Crippen MR) is 65.4 cm³/mol. The van der Waals surface area contributed by atoms with Gasteiger partial charge >= 0.3 is 0 Å². The van der Waals surface area contributed by atoms with Gasteiger partial charge in [-0.25, -0.2) is 4.98 Å². The summed E-state index contributed by atoms with van der Waals surface area (Å²) in [6, 6.07) is 0. The summed E-state index contributed by atoms with van der Waals surface area (Å²) in [5.74, 6) is 3.04. The van der Waals surface area contributed by atoms with Crippen molar-refractivity contribution >= 4 is 24.0 Å². The number of H-pyrrole nitrogens is 1. The van der Waals surface area contributed by atoms with Crippen molar-refractivity contribution in [1.29, 1.82) is 0 Å². The number of nitrogens with zero attached hydrogens (tertiary/aromatic N) is 1. The van der Waals surface area contributed by atoms with Crippen LogP contribution in [-0.2, 0) is 12.2 Å². The monoisotopic (exact) mass is 228 g/mol. The maximum atomic E-state index is 5.20. The number of rotatable bonds is 4. The van der Waals surface area contributed by atoms with E-state index in [1.807, 2.05) is 18.7 Å². The second kappa shape index (κ2) is 5.51. The van der Waals surface area contributed by atoms with E-state index in [-0.39, 0.29) is 0 Å². The Labute approximate surface area is 94.5 Å². The first-order valence-electron chi connectivity index (χ1n) is 4.85. The van der Waals surface area contributed by atoms with Crippen molar-refractivity contribution in [3.05, 3.63) is 21.7 Å². The quantitative estimate of drug-likeness (QED) is 0.802.